The Balaban J connectivity index is 1.30. The van der Waals surface area contributed by atoms with Crippen molar-refractivity contribution >= 4 is 11.7 Å². The summed E-state index contributed by atoms with van der Waals surface area (Å²) in [6.07, 6.45) is 8.12. The van der Waals surface area contributed by atoms with Crippen molar-refractivity contribution in [2.75, 3.05) is 4.90 Å². The zero-order chi connectivity index (χ0) is 21.8. The van der Waals surface area contributed by atoms with Gasteiger partial charge in [-0.25, -0.2) is 9.97 Å². The molecule has 2 aliphatic rings. The number of hydrogen-bond acceptors (Lipinski definition) is 5. The summed E-state index contributed by atoms with van der Waals surface area (Å²) in [6, 6.07) is 11.8. The van der Waals surface area contributed by atoms with Gasteiger partial charge in [-0.1, -0.05) is 6.07 Å². The molecule has 8 nitrogen and oxygen atoms in total. The number of pyridine rings is 1. The van der Waals surface area contributed by atoms with E-state index in [0.29, 0.717) is 35.4 Å². The van der Waals surface area contributed by atoms with E-state index in [2.05, 4.69) is 41.3 Å². The minimum atomic E-state index is -0.0363. The fourth-order valence-electron chi connectivity index (χ4n) is 4.22. The third-order valence-corrected chi connectivity index (χ3v) is 6.16. The summed E-state index contributed by atoms with van der Waals surface area (Å²) in [5.74, 6) is 1.88. The molecule has 8 heteroatoms. The first-order valence-electron chi connectivity index (χ1n) is 10.9. The summed E-state index contributed by atoms with van der Waals surface area (Å²) < 4.78 is 4.01. The van der Waals surface area contributed by atoms with E-state index in [1.165, 1.54) is 12.8 Å². The van der Waals surface area contributed by atoms with Gasteiger partial charge in [0.25, 0.3) is 5.91 Å². The van der Waals surface area contributed by atoms with E-state index in [0.717, 1.165) is 16.9 Å². The molecule has 6 rings (SSSR count). The summed E-state index contributed by atoms with van der Waals surface area (Å²) >= 11 is 0. The first-order chi connectivity index (χ1) is 15.6. The molecule has 0 N–H and O–H groups in total. The van der Waals surface area contributed by atoms with Crippen molar-refractivity contribution in [1.29, 1.82) is 0 Å². The van der Waals surface area contributed by atoms with Gasteiger partial charge < -0.3 is 9.13 Å². The van der Waals surface area contributed by atoms with Crippen LogP contribution in [0.15, 0.2) is 55.2 Å². The van der Waals surface area contributed by atoms with Gasteiger partial charge in [-0.05, 0) is 62.6 Å². The third-order valence-electron chi connectivity index (χ3n) is 6.16. The average Bonchev–Trinajstić information content (AvgIpc) is 3.22. The Morgan fingerprint density at radius 1 is 1.09 bits per heavy atom. The summed E-state index contributed by atoms with van der Waals surface area (Å²) in [5, 5.41) is 8.27. The third kappa shape index (κ3) is 3.10. The van der Waals surface area contributed by atoms with Gasteiger partial charge in [0.15, 0.2) is 5.82 Å². The Morgan fingerprint density at radius 3 is 2.78 bits per heavy atom. The minimum absolute atomic E-state index is 0.0363. The molecular weight excluding hydrogens is 402 g/mol. The standard InChI is InChI=1S/C24H23N7O/c1-15(2)31-14-26-28-23(31)20-4-3-5-22(27-20)30-11-17-10-18(8-9-19(17)24(30)32)29-12-21(25-13-29)16-6-7-16/h3-5,8-10,12-16H,6-7,11H2,1-2H3. The predicted molar refractivity (Wildman–Crippen MR) is 120 cm³/mol. The maximum absolute atomic E-state index is 13.2. The van der Waals surface area contributed by atoms with Crippen LogP contribution in [-0.4, -0.2) is 35.2 Å². The SMILES string of the molecule is CC(C)n1cnnc1-c1cccc(N2Cc3cc(-n4cnc(C5CC5)c4)ccc3C2=O)n1. The van der Waals surface area contributed by atoms with Gasteiger partial charge >= 0.3 is 0 Å². The van der Waals surface area contributed by atoms with Crippen molar-refractivity contribution in [3.05, 3.63) is 72.1 Å². The smallest absolute Gasteiger partial charge is 0.260 e. The summed E-state index contributed by atoms with van der Waals surface area (Å²) in [7, 11) is 0. The number of hydrogen-bond donors (Lipinski definition) is 0. The zero-order valence-corrected chi connectivity index (χ0v) is 18.0. The van der Waals surface area contributed by atoms with Crippen LogP contribution in [0.3, 0.4) is 0 Å². The lowest BCUT2D eigenvalue weighted by Crippen LogP contribution is -2.24. The lowest BCUT2D eigenvalue weighted by atomic mass is 10.1. The molecule has 0 radical (unpaired) electrons. The Labute approximate surface area is 185 Å². The molecule has 1 saturated carbocycles. The van der Waals surface area contributed by atoms with Crippen LogP contribution in [0.2, 0.25) is 0 Å². The molecule has 1 fully saturated rings. The fraction of sp³-hybridized carbons (Fsp3) is 0.292. The largest absolute Gasteiger partial charge is 0.310 e. The van der Waals surface area contributed by atoms with E-state index < -0.39 is 0 Å². The molecule has 0 saturated heterocycles. The molecule has 0 bridgehead atoms. The molecule has 1 aromatic carbocycles. The number of amides is 1. The number of anilines is 1. The van der Waals surface area contributed by atoms with E-state index >= 15 is 0 Å². The van der Waals surface area contributed by atoms with Crippen LogP contribution in [0.25, 0.3) is 17.2 Å². The molecule has 1 aliphatic carbocycles. The highest BCUT2D eigenvalue weighted by atomic mass is 16.2. The lowest BCUT2D eigenvalue weighted by Gasteiger charge is -2.16. The predicted octanol–water partition coefficient (Wildman–Crippen LogP) is 4.14. The van der Waals surface area contributed by atoms with Gasteiger partial charge in [0.1, 0.15) is 17.8 Å². The number of aromatic nitrogens is 6. The highest BCUT2D eigenvalue weighted by Crippen LogP contribution is 2.39. The molecule has 1 amide bonds. The van der Waals surface area contributed by atoms with Crippen LogP contribution < -0.4 is 4.90 Å². The van der Waals surface area contributed by atoms with Gasteiger partial charge in [-0.15, -0.1) is 10.2 Å². The number of rotatable bonds is 5. The Bertz CT molecular complexity index is 1330. The quantitative estimate of drug-likeness (QED) is 0.480. The molecule has 0 unspecified atom stereocenters. The number of benzene rings is 1. The molecular formula is C24H23N7O. The van der Waals surface area contributed by atoms with Gasteiger partial charge in [0.2, 0.25) is 0 Å². The molecule has 3 aromatic heterocycles. The van der Waals surface area contributed by atoms with Crippen molar-refractivity contribution in [3.63, 3.8) is 0 Å². The number of fused-ring (bicyclic) bond motifs is 1. The molecule has 0 atom stereocenters. The number of imidazole rings is 1. The van der Waals surface area contributed by atoms with Gasteiger partial charge in [-0.3, -0.25) is 9.69 Å². The monoisotopic (exact) mass is 425 g/mol. The van der Waals surface area contributed by atoms with Crippen LogP contribution in [-0.2, 0) is 6.54 Å². The highest BCUT2D eigenvalue weighted by Gasteiger charge is 2.30. The van der Waals surface area contributed by atoms with Crippen LogP contribution >= 0.6 is 0 Å². The Morgan fingerprint density at radius 2 is 1.97 bits per heavy atom. The van der Waals surface area contributed by atoms with E-state index in [-0.39, 0.29) is 11.9 Å². The highest BCUT2D eigenvalue weighted by molar-refractivity contribution is 6.09. The molecule has 32 heavy (non-hydrogen) atoms. The first-order valence-corrected chi connectivity index (χ1v) is 10.9. The second-order valence-corrected chi connectivity index (χ2v) is 8.75. The van der Waals surface area contributed by atoms with Crippen molar-refractivity contribution in [3.8, 4) is 17.2 Å². The average molecular weight is 425 g/mol. The fourth-order valence-corrected chi connectivity index (χ4v) is 4.22. The van der Waals surface area contributed by atoms with Crippen LogP contribution in [0.5, 0.6) is 0 Å². The second kappa shape index (κ2) is 7.12. The molecule has 1 aliphatic heterocycles. The molecule has 160 valence electrons. The van der Waals surface area contributed by atoms with Crippen LogP contribution in [0.4, 0.5) is 5.82 Å². The van der Waals surface area contributed by atoms with E-state index in [1.54, 1.807) is 11.2 Å². The van der Waals surface area contributed by atoms with E-state index in [1.807, 2.05) is 45.8 Å². The van der Waals surface area contributed by atoms with Crippen molar-refractivity contribution in [2.45, 2.75) is 45.2 Å². The Hall–Kier alpha value is -3.81. The maximum Gasteiger partial charge on any atom is 0.260 e. The summed E-state index contributed by atoms with van der Waals surface area (Å²) in [4.78, 5) is 24.2. The van der Waals surface area contributed by atoms with Crippen LogP contribution in [0.1, 0.15) is 60.3 Å². The van der Waals surface area contributed by atoms with Crippen LogP contribution in [0, 0.1) is 0 Å². The van der Waals surface area contributed by atoms with Gasteiger partial charge in [-0.2, -0.15) is 0 Å². The normalized spacial score (nSPS) is 15.6. The van der Waals surface area contributed by atoms with E-state index in [9.17, 15) is 4.79 Å². The number of carbonyl (C=O) groups excluding carboxylic acids is 1. The van der Waals surface area contributed by atoms with Crippen molar-refractivity contribution < 1.29 is 4.79 Å². The summed E-state index contributed by atoms with van der Waals surface area (Å²) in [6.45, 7) is 4.63. The van der Waals surface area contributed by atoms with Gasteiger partial charge in [0, 0.05) is 29.4 Å². The maximum atomic E-state index is 13.2. The Kier molecular flexibility index (Phi) is 4.21. The molecule has 4 heterocycles. The number of nitrogens with zero attached hydrogens (tertiary/aromatic N) is 7. The molecule has 0 spiro atoms. The van der Waals surface area contributed by atoms with Crippen molar-refractivity contribution in [2.24, 2.45) is 0 Å². The number of carbonyl (C=O) groups is 1. The summed E-state index contributed by atoms with van der Waals surface area (Å²) in [5.41, 5.74) is 4.58. The minimum Gasteiger partial charge on any atom is -0.310 e. The first kappa shape index (κ1) is 18.9. The van der Waals surface area contributed by atoms with Gasteiger partial charge in [0.05, 0.1) is 18.6 Å². The topological polar surface area (TPSA) is 81.7 Å². The van der Waals surface area contributed by atoms with E-state index in [4.69, 9.17) is 4.98 Å². The lowest BCUT2D eigenvalue weighted by molar-refractivity contribution is 0.0996. The molecule has 4 aromatic rings. The van der Waals surface area contributed by atoms with Crippen molar-refractivity contribution in [1.82, 2.24) is 29.3 Å². The second-order valence-electron chi connectivity index (χ2n) is 8.75. The zero-order valence-electron chi connectivity index (χ0n) is 18.0.